The minimum atomic E-state index is -3.84. The lowest BCUT2D eigenvalue weighted by atomic mass is 10.0. The Morgan fingerprint density at radius 3 is 2.30 bits per heavy atom. The van der Waals surface area contributed by atoms with Crippen molar-refractivity contribution in [2.24, 2.45) is 5.10 Å². The fourth-order valence-electron chi connectivity index (χ4n) is 3.20. The molecule has 0 atom stereocenters. The van der Waals surface area contributed by atoms with Gasteiger partial charge in [0.2, 0.25) is 0 Å². The summed E-state index contributed by atoms with van der Waals surface area (Å²) in [5.74, 6) is 0.306. The average molecular weight is 461 g/mol. The molecule has 0 aromatic heterocycles. The Morgan fingerprint density at radius 2 is 1.58 bits per heavy atom. The van der Waals surface area contributed by atoms with E-state index in [1.165, 1.54) is 18.3 Å². The van der Waals surface area contributed by atoms with Crippen molar-refractivity contribution < 1.29 is 22.7 Å². The molecule has 4 aromatic carbocycles. The van der Waals surface area contributed by atoms with Crippen molar-refractivity contribution in [2.45, 2.75) is 4.90 Å². The molecule has 0 aliphatic heterocycles. The van der Waals surface area contributed by atoms with Gasteiger partial charge in [0, 0.05) is 5.56 Å². The normalized spacial score (nSPS) is 11.4. The van der Waals surface area contributed by atoms with Crippen LogP contribution in [0.3, 0.4) is 0 Å². The van der Waals surface area contributed by atoms with Crippen molar-refractivity contribution in [1.29, 1.82) is 0 Å². The summed E-state index contributed by atoms with van der Waals surface area (Å²) in [4.78, 5) is 15.0. The lowest BCUT2D eigenvalue weighted by Crippen LogP contribution is -2.18. The zero-order chi connectivity index (χ0) is 23.3. The first-order chi connectivity index (χ1) is 16.0. The molecule has 0 unspecified atom stereocenters. The van der Waals surface area contributed by atoms with E-state index in [-0.39, 0.29) is 10.6 Å². The predicted octanol–water partition coefficient (Wildman–Crippen LogP) is 4.38. The fourth-order valence-corrected chi connectivity index (χ4v) is 4.01. The van der Waals surface area contributed by atoms with E-state index < -0.39 is 16.0 Å². The zero-order valence-electron chi connectivity index (χ0n) is 17.6. The molecule has 8 heteroatoms. The van der Waals surface area contributed by atoms with Gasteiger partial charge in [-0.05, 0) is 53.2 Å². The molecular formula is C25H20N2O5S. The molecule has 0 aliphatic carbocycles. The molecule has 0 amide bonds. The average Bonchev–Trinajstić information content (AvgIpc) is 2.85. The maximum Gasteiger partial charge on any atom is 0.343 e. The first kappa shape index (κ1) is 22.0. The molecule has 0 spiro atoms. The molecular weight excluding hydrogens is 440 g/mol. The quantitative estimate of drug-likeness (QED) is 0.191. The largest absolute Gasteiger partial charge is 0.497 e. The molecule has 0 fully saturated rings. The molecule has 4 aromatic rings. The Morgan fingerprint density at radius 1 is 0.879 bits per heavy atom. The van der Waals surface area contributed by atoms with Crippen LogP contribution >= 0.6 is 0 Å². The lowest BCUT2D eigenvalue weighted by molar-refractivity contribution is 0.0734. The van der Waals surface area contributed by atoms with E-state index in [1.54, 1.807) is 55.6 Å². The summed E-state index contributed by atoms with van der Waals surface area (Å²) in [5.41, 5.74) is 0.808. The van der Waals surface area contributed by atoms with E-state index in [4.69, 9.17) is 9.47 Å². The van der Waals surface area contributed by atoms with Crippen LogP contribution in [0, 0.1) is 0 Å². The second-order valence-electron chi connectivity index (χ2n) is 6.98. The van der Waals surface area contributed by atoms with Gasteiger partial charge in [0.25, 0.3) is 10.0 Å². The second-order valence-corrected chi connectivity index (χ2v) is 8.64. The fraction of sp³-hybridized carbons (Fsp3) is 0.0400. The Balaban J connectivity index is 1.65. The summed E-state index contributed by atoms with van der Waals surface area (Å²) in [6, 6.07) is 25.4. The Labute approximate surface area is 191 Å². The van der Waals surface area contributed by atoms with Crippen LogP contribution in [0.5, 0.6) is 11.5 Å². The Hall–Kier alpha value is -4.17. The molecule has 4 rings (SSSR count). The summed E-state index contributed by atoms with van der Waals surface area (Å²) in [6.45, 7) is 0. The molecule has 0 heterocycles. The second kappa shape index (κ2) is 9.54. The molecule has 0 aliphatic rings. The van der Waals surface area contributed by atoms with Crippen LogP contribution in [-0.4, -0.2) is 27.7 Å². The third kappa shape index (κ3) is 5.02. The van der Waals surface area contributed by atoms with E-state index in [2.05, 4.69) is 9.93 Å². The minimum Gasteiger partial charge on any atom is -0.497 e. The highest BCUT2D eigenvalue weighted by molar-refractivity contribution is 7.89. The number of fused-ring (bicyclic) bond motifs is 1. The summed E-state index contributed by atoms with van der Waals surface area (Å²) in [6.07, 6.45) is 1.33. The van der Waals surface area contributed by atoms with E-state index in [0.29, 0.717) is 16.9 Å². The number of sulfonamides is 1. The van der Waals surface area contributed by atoms with Crippen molar-refractivity contribution in [3.63, 3.8) is 0 Å². The molecule has 7 nitrogen and oxygen atoms in total. The van der Waals surface area contributed by atoms with Gasteiger partial charge in [-0.2, -0.15) is 13.5 Å². The van der Waals surface area contributed by atoms with Crippen molar-refractivity contribution in [2.75, 3.05) is 7.11 Å². The number of hydrogen-bond acceptors (Lipinski definition) is 6. The third-order valence-electron chi connectivity index (χ3n) is 4.88. The van der Waals surface area contributed by atoms with Gasteiger partial charge in [-0.25, -0.2) is 9.63 Å². The van der Waals surface area contributed by atoms with Gasteiger partial charge < -0.3 is 9.47 Å². The van der Waals surface area contributed by atoms with Crippen molar-refractivity contribution in [1.82, 2.24) is 4.83 Å². The van der Waals surface area contributed by atoms with Crippen molar-refractivity contribution in [3.05, 3.63) is 102 Å². The van der Waals surface area contributed by atoms with Crippen molar-refractivity contribution >= 4 is 33.0 Å². The predicted molar refractivity (Wildman–Crippen MR) is 126 cm³/mol. The highest BCUT2D eigenvalue weighted by Gasteiger charge is 2.15. The molecule has 0 bridgehead atoms. The van der Waals surface area contributed by atoms with Gasteiger partial charge in [0.1, 0.15) is 11.5 Å². The van der Waals surface area contributed by atoms with Gasteiger partial charge in [-0.1, -0.05) is 48.5 Å². The number of rotatable bonds is 7. The summed E-state index contributed by atoms with van der Waals surface area (Å²) in [5, 5.41) is 5.57. The number of methoxy groups -OCH3 is 1. The third-order valence-corrected chi connectivity index (χ3v) is 6.12. The van der Waals surface area contributed by atoms with Gasteiger partial charge in [-0.15, -0.1) is 0 Å². The Bertz CT molecular complexity index is 1420. The number of carbonyl (C=O) groups excluding carboxylic acids is 1. The SMILES string of the molecule is COc1ccc(C(=O)Oc2ccc3ccccc3c2/C=N\NS(=O)(=O)c2ccccc2)cc1. The van der Waals surface area contributed by atoms with Crippen LogP contribution in [0.2, 0.25) is 0 Å². The number of carbonyl (C=O) groups is 1. The molecule has 0 radical (unpaired) electrons. The number of hydrogen-bond donors (Lipinski definition) is 1. The zero-order valence-corrected chi connectivity index (χ0v) is 18.5. The number of hydrazone groups is 1. The van der Waals surface area contributed by atoms with Gasteiger partial charge in [0.05, 0.1) is 23.8 Å². The highest BCUT2D eigenvalue weighted by atomic mass is 32.2. The van der Waals surface area contributed by atoms with Gasteiger partial charge in [-0.3, -0.25) is 0 Å². The number of nitrogens with one attached hydrogen (secondary N) is 1. The van der Waals surface area contributed by atoms with Crippen molar-refractivity contribution in [3.8, 4) is 11.5 Å². The van der Waals surface area contributed by atoms with Gasteiger partial charge in [0.15, 0.2) is 0 Å². The van der Waals surface area contributed by atoms with Gasteiger partial charge >= 0.3 is 5.97 Å². The van der Waals surface area contributed by atoms with E-state index >= 15 is 0 Å². The molecule has 0 saturated carbocycles. The van der Waals surface area contributed by atoms with Crippen LogP contribution in [0.1, 0.15) is 15.9 Å². The maximum atomic E-state index is 12.7. The molecule has 33 heavy (non-hydrogen) atoms. The number of esters is 1. The summed E-state index contributed by atoms with van der Waals surface area (Å²) < 4.78 is 35.7. The minimum absolute atomic E-state index is 0.0891. The van der Waals surface area contributed by atoms with E-state index in [9.17, 15) is 13.2 Å². The first-order valence-corrected chi connectivity index (χ1v) is 11.4. The van der Waals surface area contributed by atoms with Crippen LogP contribution < -0.4 is 14.3 Å². The smallest absolute Gasteiger partial charge is 0.343 e. The number of benzene rings is 4. The van der Waals surface area contributed by atoms with Crippen LogP contribution in [0.25, 0.3) is 10.8 Å². The lowest BCUT2D eigenvalue weighted by Gasteiger charge is -2.11. The first-order valence-electron chi connectivity index (χ1n) is 9.96. The summed E-state index contributed by atoms with van der Waals surface area (Å²) in [7, 11) is -2.30. The highest BCUT2D eigenvalue weighted by Crippen LogP contribution is 2.27. The Kier molecular flexibility index (Phi) is 6.37. The molecule has 1 N–H and O–H groups in total. The topological polar surface area (TPSA) is 94.1 Å². The van der Waals surface area contributed by atoms with E-state index in [0.717, 1.165) is 10.8 Å². The monoisotopic (exact) mass is 460 g/mol. The molecule has 166 valence electrons. The maximum absolute atomic E-state index is 12.7. The number of nitrogens with zero attached hydrogens (tertiary/aromatic N) is 1. The molecule has 0 saturated heterocycles. The summed E-state index contributed by atoms with van der Waals surface area (Å²) >= 11 is 0. The van der Waals surface area contributed by atoms with E-state index in [1.807, 2.05) is 30.3 Å². The van der Waals surface area contributed by atoms with Crippen LogP contribution in [0.15, 0.2) is 101 Å². The van der Waals surface area contributed by atoms with Crippen LogP contribution in [0.4, 0.5) is 0 Å². The standard InChI is InChI=1S/C25H20N2O5S/c1-31-20-14-11-19(12-15-20)25(28)32-24-16-13-18-7-5-6-10-22(18)23(24)17-26-27-33(29,30)21-8-3-2-4-9-21/h2-17,27H,1H3/b26-17-. The van der Waals surface area contributed by atoms with Crippen LogP contribution in [-0.2, 0) is 10.0 Å². The number of ether oxygens (including phenoxy) is 2.